The molecule has 0 saturated heterocycles. The van der Waals surface area contributed by atoms with Gasteiger partial charge in [-0.05, 0) is 64.3 Å². The first-order chi connectivity index (χ1) is 13.0. The maximum absolute atomic E-state index is 12.2. The first kappa shape index (κ1) is 19.6. The maximum atomic E-state index is 12.2. The van der Waals surface area contributed by atoms with Crippen LogP contribution in [0.3, 0.4) is 0 Å². The topological polar surface area (TPSA) is 26.3 Å². The van der Waals surface area contributed by atoms with Crippen molar-refractivity contribution in [3.8, 4) is 5.75 Å². The van der Waals surface area contributed by atoms with Crippen molar-refractivity contribution in [2.75, 3.05) is 0 Å². The largest absolute Gasteiger partial charge is 0.488 e. The first-order valence-electron chi connectivity index (χ1n) is 8.47. The van der Waals surface area contributed by atoms with Crippen molar-refractivity contribution >= 4 is 43.7 Å². The molecular formula is C23H18Br2O2. The number of hydrogen-bond acceptors (Lipinski definition) is 2. The molecule has 0 aliphatic rings. The van der Waals surface area contributed by atoms with Crippen molar-refractivity contribution in [3.63, 3.8) is 0 Å². The van der Waals surface area contributed by atoms with Crippen molar-refractivity contribution in [2.24, 2.45) is 0 Å². The summed E-state index contributed by atoms with van der Waals surface area (Å²) in [6, 6.07) is 21.4. The molecule has 0 heterocycles. The highest BCUT2D eigenvalue weighted by Crippen LogP contribution is 2.27. The van der Waals surface area contributed by atoms with E-state index in [0.29, 0.717) is 12.2 Å². The molecule has 3 aromatic carbocycles. The van der Waals surface area contributed by atoms with Crippen molar-refractivity contribution in [1.82, 2.24) is 0 Å². The molecule has 136 valence electrons. The maximum Gasteiger partial charge on any atom is 0.185 e. The van der Waals surface area contributed by atoms with Crippen LogP contribution in [0.2, 0.25) is 0 Å². The van der Waals surface area contributed by atoms with Gasteiger partial charge in [0, 0.05) is 10.0 Å². The van der Waals surface area contributed by atoms with Gasteiger partial charge in [0.2, 0.25) is 0 Å². The molecule has 3 rings (SSSR count). The smallest absolute Gasteiger partial charge is 0.185 e. The number of halogens is 2. The molecule has 0 aliphatic carbocycles. The minimum Gasteiger partial charge on any atom is -0.488 e. The molecule has 0 aromatic heterocycles. The minimum atomic E-state index is -0.0123. The lowest BCUT2D eigenvalue weighted by Crippen LogP contribution is -1.96. The molecule has 0 aliphatic heterocycles. The summed E-state index contributed by atoms with van der Waals surface area (Å²) in [4.78, 5) is 12.2. The van der Waals surface area contributed by atoms with Gasteiger partial charge in [0.25, 0.3) is 0 Å². The second-order valence-electron chi connectivity index (χ2n) is 6.17. The molecule has 4 heteroatoms. The summed E-state index contributed by atoms with van der Waals surface area (Å²) < 4.78 is 7.77. The van der Waals surface area contributed by atoms with Crippen LogP contribution in [0.25, 0.3) is 6.08 Å². The normalized spacial score (nSPS) is 10.9. The number of rotatable bonds is 6. The second-order valence-corrected chi connectivity index (χ2v) is 7.94. The summed E-state index contributed by atoms with van der Waals surface area (Å²) in [7, 11) is 0. The van der Waals surface area contributed by atoms with Crippen LogP contribution in [0.4, 0.5) is 0 Å². The number of carbonyl (C=O) groups is 1. The van der Waals surface area contributed by atoms with Gasteiger partial charge in [0.1, 0.15) is 12.4 Å². The Morgan fingerprint density at radius 3 is 2.33 bits per heavy atom. The third kappa shape index (κ3) is 5.65. The lowest BCUT2D eigenvalue weighted by molar-refractivity contribution is 0.104. The van der Waals surface area contributed by atoms with Crippen LogP contribution in [-0.4, -0.2) is 5.78 Å². The second kappa shape index (κ2) is 9.16. The third-order valence-corrected chi connectivity index (χ3v) is 5.18. The Bertz CT molecular complexity index is 959. The summed E-state index contributed by atoms with van der Waals surface area (Å²) >= 11 is 6.97. The van der Waals surface area contributed by atoms with Crippen molar-refractivity contribution in [1.29, 1.82) is 0 Å². The summed E-state index contributed by atoms with van der Waals surface area (Å²) in [5.74, 6) is 0.751. The van der Waals surface area contributed by atoms with Gasteiger partial charge < -0.3 is 4.74 Å². The molecule has 0 radical (unpaired) electrons. The Morgan fingerprint density at radius 1 is 0.963 bits per heavy atom. The van der Waals surface area contributed by atoms with Gasteiger partial charge in [-0.3, -0.25) is 4.79 Å². The van der Waals surface area contributed by atoms with E-state index in [1.54, 1.807) is 6.08 Å². The van der Waals surface area contributed by atoms with Crippen molar-refractivity contribution in [3.05, 3.63) is 104 Å². The van der Waals surface area contributed by atoms with E-state index in [1.165, 1.54) is 0 Å². The first-order valence-corrected chi connectivity index (χ1v) is 10.1. The fourth-order valence-electron chi connectivity index (χ4n) is 2.47. The van der Waals surface area contributed by atoms with E-state index in [-0.39, 0.29) is 5.78 Å². The summed E-state index contributed by atoms with van der Waals surface area (Å²) in [5.41, 5.74) is 3.85. The number of allylic oxidation sites excluding steroid dienone is 1. The van der Waals surface area contributed by atoms with E-state index in [9.17, 15) is 4.79 Å². The molecule has 0 spiro atoms. The van der Waals surface area contributed by atoms with Crippen LogP contribution in [0.15, 0.2) is 81.8 Å². The van der Waals surface area contributed by atoms with Crippen molar-refractivity contribution in [2.45, 2.75) is 13.5 Å². The number of aryl methyl sites for hydroxylation is 1. The zero-order valence-corrected chi connectivity index (χ0v) is 18.0. The monoisotopic (exact) mass is 484 g/mol. The Kier molecular flexibility index (Phi) is 6.64. The Labute approximate surface area is 176 Å². The standard InChI is InChI=1S/C23H18Br2O2/c1-16-2-8-19(9-3-16)22(26)12-6-17-7-13-23(21(25)14-17)27-15-18-4-10-20(24)11-5-18/h2-14H,15H2,1H3/b12-6+. The minimum absolute atomic E-state index is 0.0123. The molecule has 0 N–H and O–H groups in total. The van der Waals surface area contributed by atoms with Gasteiger partial charge in [-0.15, -0.1) is 0 Å². The van der Waals surface area contributed by atoms with Gasteiger partial charge in [0.15, 0.2) is 5.78 Å². The van der Waals surface area contributed by atoms with E-state index >= 15 is 0 Å². The van der Waals surface area contributed by atoms with Gasteiger partial charge in [-0.1, -0.05) is 70.0 Å². The molecule has 0 atom stereocenters. The third-order valence-electron chi connectivity index (χ3n) is 4.03. The van der Waals surface area contributed by atoms with Crippen LogP contribution >= 0.6 is 31.9 Å². The summed E-state index contributed by atoms with van der Waals surface area (Å²) in [6.45, 7) is 2.50. The van der Waals surface area contributed by atoms with E-state index in [0.717, 1.165) is 31.4 Å². The SMILES string of the molecule is Cc1ccc(C(=O)/C=C/c2ccc(OCc3ccc(Br)cc3)c(Br)c2)cc1. The predicted octanol–water partition coefficient (Wildman–Crippen LogP) is 7.00. The van der Waals surface area contributed by atoms with Gasteiger partial charge in [0.05, 0.1) is 4.47 Å². The average Bonchev–Trinajstić information content (AvgIpc) is 2.67. The van der Waals surface area contributed by atoms with Gasteiger partial charge in [-0.25, -0.2) is 0 Å². The lowest BCUT2D eigenvalue weighted by atomic mass is 10.1. The van der Waals surface area contributed by atoms with Crippen LogP contribution < -0.4 is 4.74 Å². The van der Waals surface area contributed by atoms with Crippen LogP contribution in [-0.2, 0) is 6.61 Å². The average molecular weight is 486 g/mol. The van der Waals surface area contributed by atoms with Crippen LogP contribution in [0.1, 0.15) is 27.0 Å². The molecule has 0 bridgehead atoms. The van der Waals surface area contributed by atoms with E-state index in [2.05, 4.69) is 31.9 Å². The lowest BCUT2D eigenvalue weighted by Gasteiger charge is -2.09. The molecular weight excluding hydrogens is 468 g/mol. The molecule has 27 heavy (non-hydrogen) atoms. The Hall–Kier alpha value is -2.17. The number of hydrogen-bond donors (Lipinski definition) is 0. The molecule has 2 nitrogen and oxygen atoms in total. The number of benzene rings is 3. The molecule has 0 unspecified atom stereocenters. The molecule has 0 saturated carbocycles. The highest BCUT2D eigenvalue weighted by Gasteiger charge is 2.04. The highest BCUT2D eigenvalue weighted by atomic mass is 79.9. The van der Waals surface area contributed by atoms with Gasteiger partial charge >= 0.3 is 0 Å². The molecule has 0 amide bonds. The van der Waals surface area contributed by atoms with Gasteiger partial charge in [-0.2, -0.15) is 0 Å². The zero-order chi connectivity index (χ0) is 19.2. The highest BCUT2D eigenvalue weighted by molar-refractivity contribution is 9.10. The number of carbonyl (C=O) groups excluding carboxylic acids is 1. The quantitative estimate of drug-likeness (QED) is 0.277. The van der Waals surface area contributed by atoms with Crippen LogP contribution in [0, 0.1) is 6.92 Å². The molecule has 0 fully saturated rings. The fourth-order valence-corrected chi connectivity index (χ4v) is 3.24. The van der Waals surface area contributed by atoms with E-state index in [4.69, 9.17) is 4.74 Å². The number of ether oxygens (including phenoxy) is 1. The zero-order valence-electron chi connectivity index (χ0n) is 14.8. The molecule has 3 aromatic rings. The van der Waals surface area contributed by atoms with E-state index < -0.39 is 0 Å². The van der Waals surface area contributed by atoms with Crippen molar-refractivity contribution < 1.29 is 9.53 Å². The Balaban J connectivity index is 1.64. The number of ketones is 1. The van der Waals surface area contributed by atoms with E-state index in [1.807, 2.05) is 79.7 Å². The van der Waals surface area contributed by atoms with Crippen LogP contribution in [0.5, 0.6) is 5.75 Å². The summed E-state index contributed by atoms with van der Waals surface area (Å²) in [5, 5.41) is 0. The Morgan fingerprint density at radius 2 is 1.67 bits per heavy atom. The predicted molar refractivity (Wildman–Crippen MR) is 117 cm³/mol. The summed E-state index contributed by atoms with van der Waals surface area (Å²) in [6.07, 6.45) is 3.40. The fraction of sp³-hybridized carbons (Fsp3) is 0.0870.